The molecule has 2 heteroatoms. The highest BCUT2D eigenvalue weighted by molar-refractivity contribution is 5.19. The molecular weight excluding hydrogens is 191 g/mol. The van der Waals surface area contributed by atoms with E-state index in [0.717, 1.165) is 24.8 Å². The van der Waals surface area contributed by atoms with Gasteiger partial charge in [0, 0.05) is 6.42 Å². The number of hydrogen-bond donors (Lipinski definition) is 1. The zero-order chi connectivity index (χ0) is 10.9. The summed E-state index contributed by atoms with van der Waals surface area (Å²) in [6.45, 7) is 2.09. The monoisotopic (exact) mass is 208 g/mol. The predicted octanol–water partition coefficient (Wildman–Crippen LogP) is 2.92. The Hall–Kier alpha value is -0.890. The van der Waals surface area contributed by atoms with Gasteiger partial charge in [-0.2, -0.15) is 0 Å². The minimum Gasteiger partial charge on any atom is -0.389 e. The molecule has 0 bridgehead atoms. The van der Waals surface area contributed by atoms with E-state index >= 15 is 0 Å². The van der Waals surface area contributed by atoms with Crippen LogP contribution in [0.4, 0.5) is 4.39 Å². The number of halogens is 1. The molecule has 82 valence electrons. The highest BCUT2D eigenvalue weighted by Gasteiger charge is 2.37. The van der Waals surface area contributed by atoms with Gasteiger partial charge in [-0.15, -0.1) is 0 Å². The first-order valence-corrected chi connectivity index (χ1v) is 5.57. The van der Waals surface area contributed by atoms with Crippen LogP contribution in [0.2, 0.25) is 0 Å². The van der Waals surface area contributed by atoms with E-state index in [0.29, 0.717) is 12.3 Å². The van der Waals surface area contributed by atoms with E-state index in [1.165, 1.54) is 12.1 Å². The molecule has 1 aromatic rings. The van der Waals surface area contributed by atoms with Crippen molar-refractivity contribution in [3.63, 3.8) is 0 Å². The molecule has 2 rings (SSSR count). The molecule has 2 atom stereocenters. The van der Waals surface area contributed by atoms with E-state index in [2.05, 4.69) is 6.92 Å². The molecule has 0 saturated heterocycles. The number of hydrogen-bond acceptors (Lipinski definition) is 1. The third-order valence-electron chi connectivity index (χ3n) is 3.59. The van der Waals surface area contributed by atoms with Crippen molar-refractivity contribution >= 4 is 0 Å². The molecule has 1 N–H and O–H groups in total. The summed E-state index contributed by atoms with van der Waals surface area (Å²) >= 11 is 0. The molecule has 0 aliphatic heterocycles. The first-order valence-electron chi connectivity index (χ1n) is 5.57. The van der Waals surface area contributed by atoms with Crippen LogP contribution in [0, 0.1) is 11.7 Å². The van der Waals surface area contributed by atoms with Gasteiger partial charge in [-0.3, -0.25) is 0 Å². The van der Waals surface area contributed by atoms with Crippen molar-refractivity contribution in [2.75, 3.05) is 0 Å². The van der Waals surface area contributed by atoms with Crippen molar-refractivity contribution < 1.29 is 9.50 Å². The van der Waals surface area contributed by atoms with Gasteiger partial charge in [0.25, 0.3) is 0 Å². The summed E-state index contributed by atoms with van der Waals surface area (Å²) in [6.07, 6.45) is 3.70. The van der Waals surface area contributed by atoms with Gasteiger partial charge in [-0.1, -0.05) is 25.5 Å². The van der Waals surface area contributed by atoms with Crippen molar-refractivity contribution in [2.24, 2.45) is 5.92 Å². The lowest BCUT2D eigenvalue weighted by molar-refractivity contribution is 0.00958. The van der Waals surface area contributed by atoms with Crippen LogP contribution < -0.4 is 0 Å². The van der Waals surface area contributed by atoms with Crippen molar-refractivity contribution in [3.8, 4) is 0 Å². The van der Waals surface area contributed by atoms with E-state index in [4.69, 9.17) is 0 Å². The van der Waals surface area contributed by atoms with Crippen LogP contribution in [-0.4, -0.2) is 10.7 Å². The quantitative estimate of drug-likeness (QED) is 0.792. The smallest absolute Gasteiger partial charge is 0.123 e. The molecule has 1 aliphatic rings. The largest absolute Gasteiger partial charge is 0.389 e. The molecule has 0 heterocycles. The Balaban J connectivity index is 2.11. The van der Waals surface area contributed by atoms with Crippen LogP contribution in [0.15, 0.2) is 24.3 Å². The molecule has 15 heavy (non-hydrogen) atoms. The van der Waals surface area contributed by atoms with Gasteiger partial charge in [0.05, 0.1) is 5.60 Å². The Morgan fingerprint density at radius 1 is 1.40 bits per heavy atom. The third kappa shape index (κ3) is 2.20. The maximum Gasteiger partial charge on any atom is 0.123 e. The Labute approximate surface area is 89.9 Å². The molecule has 0 amide bonds. The first kappa shape index (κ1) is 10.6. The molecule has 1 aromatic carbocycles. The van der Waals surface area contributed by atoms with Crippen LogP contribution >= 0.6 is 0 Å². The number of benzene rings is 1. The van der Waals surface area contributed by atoms with E-state index in [1.54, 1.807) is 12.1 Å². The van der Waals surface area contributed by atoms with E-state index < -0.39 is 5.60 Å². The molecule has 1 nitrogen and oxygen atoms in total. The van der Waals surface area contributed by atoms with Gasteiger partial charge in [-0.05, 0) is 36.5 Å². The zero-order valence-corrected chi connectivity index (χ0v) is 9.04. The Bertz CT molecular complexity index is 333. The predicted molar refractivity (Wildman–Crippen MR) is 58.1 cm³/mol. The first-order chi connectivity index (χ1) is 7.10. The zero-order valence-electron chi connectivity index (χ0n) is 9.04. The number of aliphatic hydroxyl groups is 1. The topological polar surface area (TPSA) is 20.2 Å². The maximum absolute atomic E-state index is 12.7. The van der Waals surface area contributed by atoms with Crippen LogP contribution in [0.3, 0.4) is 0 Å². The van der Waals surface area contributed by atoms with Crippen molar-refractivity contribution in [3.05, 3.63) is 35.6 Å². The Morgan fingerprint density at radius 2 is 2.07 bits per heavy atom. The molecule has 1 aliphatic carbocycles. The fourth-order valence-corrected chi connectivity index (χ4v) is 2.45. The second kappa shape index (κ2) is 3.93. The molecule has 0 aromatic heterocycles. The van der Waals surface area contributed by atoms with E-state index in [-0.39, 0.29) is 5.82 Å². The van der Waals surface area contributed by atoms with Crippen molar-refractivity contribution in [1.82, 2.24) is 0 Å². The standard InChI is InChI=1S/C13H17FO/c1-10-3-2-8-13(10,15)9-11-4-6-12(14)7-5-11/h4-7,10,15H,2-3,8-9H2,1H3. The summed E-state index contributed by atoms with van der Waals surface area (Å²) in [4.78, 5) is 0. The minimum absolute atomic E-state index is 0.217. The number of rotatable bonds is 2. The summed E-state index contributed by atoms with van der Waals surface area (Å²) in [5, 5.41) is 10.4. The Kier molecular flexibility index (Phi) is 2.79. The summed E-state index contributed by atoms with van der Waals surface area (Å²) in [5.74, 6) is 0.132. The molecule has 0 radical (unpaired) electrons. The summed E-state index contributed by atoms with van der Waals surface area (Å²) < 4.78 is 12.7. The van der Waals surface area contributed by atoms with E-state index in [1.807, 2.05) is 0 Å². The average Bonchev–Trinajstić information content (AvgIpc) is 2.51. The van der Waals surface area contributed by atoms with Gasteiger partial charge >= 0.3 is 0 Å². The summed E-state index contributed by atoms with van der Waals surface area (Å²) in [5.41, 5.74) is 0.449. The van der Waals surface area contributed by atoms with Gasteiger partial charge in [-0.25, -0.2) is 4.39 Å². The fraction of sp³-hybridized carbons (Fsp3) is 0.538. The van der Waals surface area contributed by atoms with Crippen LogP contribution in [0.1, 0.15) is 31.7 Å². The van der Waals surface area contributed by atoms with E-state index in [9.17, 15) is 9.50 Å². The van der Waals surface area contributed by atoms with Crippen molar-refractivity contribution in [2.45, 2.75) is 38.2 Å². The minimum atomic E-state index is -0.572. The lowest BCUT2D eigenvalue weighted by atomic mass is 9.86. The molecule has 1 fully saturated rings. The van der Waals surface area contributed by atoms with Gasteiger partial charge < -0.3 is 5.11 Å². The Morgan fingerprint density at radius 3 is 2.60 bits per heavy atom. The summed E-state index contributed by atoms with van der Waals surface area (Å²) in [7, 11) is 0. The second-order valence-electron chi connectivity index (χ2n) is 4.70. The summed E-state index contributed by atoms with van der Waals surface area (Å²) in [6, 6.07) is 6.44. The van der Waals surface area contributed by atoms with Gasteiger partial charge in [0.15, 0.2) is 0 Å². The SMILES string of the molecule is CC1CCCC1(O)Cc1ccc(F)cc1. The highest BCUT2D eigenvalue weighted by Crippen LogP contribution is 2.37. The van der Waals surface area contributed by atoms with Gasteiger partial charge in [0.2, 0.25) is 0 Å². The lowest BCUT2D eigenvalue weighted by Gasteiger charge is -2.27. The van der Waals surface area contributed by atoms with Crippen LogP contribution in [-0.2, 0) is 6.42 Å². The normalized spacial score (nSPS) is 30.7. The molecule has 1 saturated carbocycles. The average molecular weight is 208 g/mol. The molecule has 0 spiro atoms. The highest BCUT2D eigenvalue weighted by atomic mass is 19.1. The maximum atomic E-state index is 12.7. The lowest BCUT2D eigenvalue weighted by Crippen LogP contribution is -2.34. The third-order valence-corrected chi connectivity index (χ3v) is 3.59. The fourth-order valence-electron chi connectivity index (χ4n) is 2.45. The van der Waals surface area contributed by atoms with Crippen LogP contribution in [0.5, 0.6) is 0 Å². The van der Waals surface area contributed by atoms with Crippen molar-refractivity contribution in [1.29, 1.82) is 0 Å². The van der Waals surface area contributed by atoms with Gasteiger partial charge in [0.1, 0.15) is 5.82 Å². The second-order valence-corrected chi connectivity index (χ2v) is 4.70. The molecule has 2 unspecified atom stereocenters. The molecular formula is C13H17FO. The van der Waals surface area contributed by atoms with Crippen LogP contribution in [0.25, 0.3) is 0 Å².